The molecule has 1 saturated heterocycles. The maximum Gasteiger partial charge on any atom is 0.326 e. The molecule has 1 aliphatic heterocycles. The number of amides is 1. The topological polar surface area (TPSA) is 94.9 Å². The molecule has 0 spiro atoms. The monoisotopic (exact) mass is 365 g/mol. The van der Waals surface area contributed by atoms with Gasteiger partial charge in [0.2, 0.25) is 0 Å². The van der Waals surface area contributed by atoms with Crippen LogP contribution in [0.3, 0.4) is 0 Å². The van der Waals surface area contributed by atoms with Gasteiger partial charge in [-0.3, -0.25) is 14.5 Å². The van der Waals surface area contributed by atoms with Crippen LogP contribution in [0.15, 0.2) is 29.2 Å². The fourth-order valence-electron chi connectivity index (χ4n) is 2.19. The third-order valence-corrected chi connectivity index (χ3v) is 4.76. The molecule has 0 radical (unpaired) electrons. The minimum Gasteiger partial charge on any atom is -0.481 e. The van der Waals surface area contributed by atoms with Crippen molar-refractivity contribution in [3.8, 4) is 0 Å². The lowest BCUT2D eigenvalue weighted by molar-refractivity contribution is -0.146. The van der Waals surface area contributed by atoms with Crippen LogP contribution in [0.1, 0.15) is 24.0 Å². The van der Waals surface area contributed by atoms with Crippen LogP contribution in [0, 0.1) is 6.92 Å². The van der Waals surface area contributed by atoms with Gasteiger partial charge in [0.1, 0.15) is 10.4 Å². The molecule has 0 aromatic heterocycles. The van der Waals surface area contributed by atoms with E-state index in [2.05, 4.69) is 0 Å². The fourth-order valence-corrected chi connectivity index (χ4v) is 3.54. The van der Waals surface area contributed by atoms with Gasteiger partial charge in [-0.15, -0.1) is 0 Å². The zero-order chi connectivity index (χ0) is 17.9. The Kier molecular flexibility index (Phi) is 5.74. The van der Waals surface area contributed by atoms with Crippen LogP contribution in [0.5, 0.6) is 0 Å². The number of nitrogens with zero attached hydrogens (tertiary/aromatic N) is 1. The summed E-state index contributed by atoms with van der Waals surface area (Å²) in [5.41, 5.74) is 1.89. The van der Waals surface area contributed by atoms with Crippen molar-refractivity contribution in [2.75, 3.05) is 0 Å². The van der Waals surface area contributed by atoms with Gasteiger partial charge in [-0.2, -0.15) is 0 Å². The Morgan fingerprint density at radius 1 is 1.29 bits per heavy atom. The van der Waals surface area contributed by atoms with Crippen LogP contribution >= 0.6 is 24.0 Å². The van der Waals surface area contributed by atoms with Crippen molar-refractivity contribution < 1.29 is 24.6 Å². The third-order valence-electron chi connectivity index (χ3n) is 3.43. The van der Waals surface area contributed by atoms with E-state index in [1.807, 2.05) is 31.2 Å². The van der Waals surface area contributed by atoms with E-state index in [1.54, 1.807) is 6.08 Å². The highest BCUT2D eigenvalue weighted by Crippen LogP contribution is 2.34. The Balaban J connectivity index is 2.24. The first-order valence-corrected chi connectivity index (χ1v) is 8.30. The maximum absolute atomic E-state index is 12.5. The van der Waals surface area contributed by atoms with E-state index in [9.17, 15) is 19.5 Å². The maximum atomic E-state index is 12.5. The molecule has 1 fully saturated rings. The number of thiocarbonyl (C=S) groups is 1. The molecule has 0 unspecified atom stereocenters. The van der Waals surface area contributed by atoms with Crippen LogP contribution in [-0.2, 0) is 14.4 Å². The number of aryl methyl sites for hydroxylation is 1. The van der Waals surface area contributed by atoms with Crippen LogP contribution in [0.4, 0.5) is 0 Å². The standard InChI is InChI=1S/C16H15NO5S2/c1-9-2-4-10(5-3-9)8-12-14(20)17(16(23)24-12)11(15(21)22)6-7-13(18)19/h2-5,8,11H,6-7H2,1H3,(H,18,19)(H,21,22)/b12-8+/t11-/m0/s1. The molecule has 6 nitrogen and oxygen atoms in total. The molecule has 1 heterocycles. The first-order chi connectivity index (χ1) is 11.3. The van der Waals surface area contributed by atoms with Crippen LogP contribution < -0.4 is 0 Å². The van der Waals surface area contributed by atoms with Crippen LogP contribution in [0.2, 0.25) is 0 Å². The number of carboxylic acids is 2. The van der Waals surface area contributed by atoms with Crippen molar-refractivity contribution in [2.24, 2.45) is 0 Å². The van der Waals surface area contributed by atoms with E-state index < -0.39 is 23.9 Å². The van der Waals surface area contributed by atoms with E-state index in [0.717, 1.165) is 27.8 Å². The average molecular weight is 365 g/mol. The number of rotatable bonds is 6. The average Bonchev–Trinajstić information content (AvgIpc) is 2.77. The molecule has 1 atom stereocenters. The predicted molar refractivity (Wildman–Crippen MR) is 94.5 cm³/mol. The second-order valence-corrected chi connectivity index (χ2v) is 6.92. The molecule has 8 heteroatoms. The molecule has 2 N–H and O–H groups in total. The third kappa shape index (κ3) is 4.21. The summed E-state index contributed by atoms with van der Waals surface area (Å²) in [6.45, 7) is 1.95. The van der Waals surface area contributed by atoms with Crippen molar-refractivity contribution in [1.29, 1.82) is 0 Å². The van der Waals surface area contributed by atoms with Crippen molar-refractivity contribution in [3.05, 3.63) is 40.3 Å². The molecule has 0 aliphatic carbocycles. The van der Waals surface area contributed by atoms with Gasteiger partial charge in [0.25, 0.3) is 5.91 Å². The number of carbonyl (C=O) groups excluding carboxylic acids is 1. The zero-order valence-electron chi connectivity index (χ0n) is 12.8. The van der Waals surface area contributed by atoms with Crippen molar-refractivity contribution >= 4 is 52.2 Å². The molecule has 24 heavy (non-hydrogen) atoms. The summed E-state index contributed by atoms with van der Waals surface area (Å²) in [4.78, 5) is 35.9. The minimum absolute atomic E-state index is 0.121. The molecule has 126 valence electrons. The molecular weight excluding hydrogens is 350 g/mol. The van der Waals surface area contributed by atoms with Crippen molar-refractivity contribution in [3.63, 3.8) is 0 Å². The Morgan fingerprint density at radius 3 is 2.46 bits per heavy atom. The van der Waals surface area contributed by atoms with Crippen molar-refractivity contribution in [1.82, 2.24) is 4.90 Å². The number of hydrogen-bond acceptors (Lipinski definition) is 5. The van der Waals surface area contributed by atoms with E-state index in [4.69, 9.17) is 17.3 Å². The first-order valence-electron chi connectivity index (χ1n) is 7.08. The highest BCUT2D eigenvalue weighted by atomic mass is 32.2. The van der Waals surface area contributed by atoms with Crippen molar-refractivity contribution in [2.45, 2.75) is 25.8 Å². The summed E-state index contributed by atoms with van der Waals surface area (Å²) in [6, 6.07) is 6.22. The molecule has 1 aromatic rings. The molecule has 1 amide bonds. The van der Waals surface area contributed by atoms with E-state index in [-0.39, 0.29) is 17.2 Å². The Morgan fingerprint density at radius 2 is 1.92 bits per heavy atom. The largest absolute Gasteiger partial charge is 0.481 e. The number of thioether (sulfide) groups is 1. The normalized spacial score (nSPS) is 17.4. The van der Waals surface area contributed by atoms with Gasteiger partial charge in [0.05, 0.1) is 4.91 Å². The van der Waals surface area contributed by atoms with Gasteiger partial charge < -0.3 is 10.2 Å². The Hall–Kier alpha value is -2.19. The number of aliphatic carboxylic acids is 2. The molecule has 0 saturated carbocycles. The fraction of sp³-hybridized carbons (Fsp3) is 0.250. The SMILES string of the molecule is Cc1ccc(/C=C2/SC(=S)N([C@@H](CCC(=O)O)C(=O)O)C2=O)cc1. The van der Waals surface area contributed by atoms with Gasteiger partial charge in [-0.1, -0.05) is 53.8 Å². The lowest BCUT2D eigenvalue weighted by atomic mass is 10.1. The van der Waals surface area contributed by atoms with Gasteiger partial charge >= 0.3 is 11.9 Å². The molecule has 0 bridgehead atoms. The van der Waals surface area contributed by atoms with Gasteiger partial charge in [-0.05, 0) is 25.0 Å². The second kappa shape index (κ2) is 7.59. The summed E-state index contributed by atoms with van der Waals surface area (Å²) in [6.07, 6.45) is 1.09. The Bertz CT molecular complexity index is 726. The predicted octanol–water partition coefficient (Wildman–Crippen LogP) is 2.51. The van der Waals surface area contributed by atoms with Gasteiger partial charge in [0, 0.05) is 6.42 Å². The summed E-state index contributed by atoms with van der Waals surface area (Å²) < 4.78 is 0.121. The second-order valence-electron chi connectivity index (χ2n) is 5.25. The highest BCUT2D eigenvalue weighted by molar-refractivity contribution is 8.26. The van der Waals surface area contributed by atoms with Gasteiger partial charge in [-0.25, -0.2) is 4.79 Å². The quantitative estimate of drug-likeness (QED) is 0.591. The molecule has 2 rings (SSSR count). The number of hydrogen-bond donors (Lipinski definition) is 2. The van der Waals surface area contributed by atoms with Gasteiger partial charge in [0.15, 0.2) is 0 Å². The van der Waals surface area contributed by atoms with E-state index in [0.29, 0.717) is 4.91 Å². The summed E-state index contributed by atoms with van der Waals surface area (Å²) >= 11 is 6.14. The zero-order valence-corrected chi connectivity index (χ0v) is 14.4. The highest BCUT2D eigenvalue weighted by Gasteiger charge is 2.40. The smallest absolute Gasteiger partial charge is 0.326 e. The van der Waals surface area contributed by atoms with E-state index >= 15 is 0 Å². The Labute approximate surface area is 148 Å². The summed E-state index contributed by atoms with van der Waals surface area (Å²) in [5, 5.41) is 18.1. The first kappa shape index (κ1) is 18.2. The lowest BCUT2D eigenvalue weighted by Crippen LogP contribution is -2.44. The summed E-state index contributed by atoms with van der Waals surface area (Å²) in [7, 11) is 0. The molecular formula is C16H15NO5S2. The number of carbonyl (C=O) groups is 3. The van der Waals surface area contributed by atoms with E-state index in [1.165, 1.54) is 0 Å². The number of carboxylic acid groups (broad SMARTS) is 2. The molecule has 1 aliphatic rings. The van der Waals surface area contributed by atoms with Crippen LogP contribution in [0.25, 0.3) is 6.08 Å². The minimum atomic E-state index is -1.28. The van der Waals surface area contributed by atoms with Crippen LogP contribution in [-0.4, -0.2) is 43.3 Å². The lowest BCUT2D eigenvalue weighted by Gasteiger charge is -2.22. The number of benzene rings is 1. The molecule has 1 aromatic carbocycles. The summed E-state index contributed by atoms with van der Waals surface area (Å²) in [5.74, 6) is -2.91.